The van der Waals surface area contributed by atoms with Gasteiger partial charge in [0.15, 0.2) is 0 Å². The Morgan fingerprint density at radius 3 is 2.35 bits per heavy atom. The molecule has 1 unspecified atom stereocenters. The van der Waals surface area contributed by atoms with Crippen LogP contribution in [0.1, 0.15) is 36.6 Å². The van der Waals surface area contributed by atoms with Gasteiger partial charge in [0.25, 0.3) is 0 Å². The molecule has 0 aliphatic heterocycles. The predicted molar refractivity (Wildman–Crippen MR) is 82.0 cm³/mol. The van der Waals surface area contributed by atoms with E-state index in [2.05, 4.69) is 19.1 Å². The van der Waals surface area contributed by atoms with E-state index in [4.69, 9.17) is 4.74 Å². The van der Waals surface area contributed by atoms with Gasteiger partial charge in [0.2, 0.25) is 0 Å². The predicted octanol–water partition coefficient (Wildman–Crippen LogP) is 4.06. The van der Waals surface area contributed by atoms with Crippen LogP contribution in [0.2, 0.25) is 0 Å². The van der Waals surface area contributed by atoms with E-state index in [-0.39, 0.29) is 6.10 Å². The summed E-state index contributed by atoms with van der Waals surface area (Å²) in [4.78, 5) is 0. The van der Waals surface area contributed by atoms with Gasteiger partial charge in [-0.05, 0) is 44.0 Å². The minimum absolute atomic E-state index is 0.165. The molecule has 106 valence electrons. The monoisotopic (exact) mass is 270 g/mol. The Morgan fingerprint density at radius 1 is 1.05 bits per heavy atom. The van der Waals surface area contributed by atoms with Crippen LogP contribution in [0, 0.1) is 6.92 Å². The number of aliphatic hydroxyl groups excluding tert-OH is 1. The first-order chi connectivity index (χ1) is 9.54. The summed E-state index contributed by atoms with van der Waals surface area (Å²) in [6.07, 6.45) is 0.314. The average Bonchev–Trinajstić information content (AvgIpc) is 2.38. The van der Waals surface area contributed by atoms with Gasteiger partial charge in [-0.3, -0.25) is 0 Å². The maximum atomic E-state index is 10.3. The van der Waals surface area contributed by atoms with E-state index in [1.807, 2.05) is 50.2 Å². The molecule has 0 aliphatic rings. The van der Waals surface area contributed by atoms with Crippen LogP contribution in [-0.4, -0.2) is 11.2 Å². The highest BCUT2D eigenvalue weighted by molar-refractivity contribution is 5.30. The van der Waals surface area contributed by atoms with E-state index in [9.17, 15) is 5.11 Å². The van der Waals surface area contributed by atoms with E-state index in [0.29, 0.717) is 6.42 Å². The standard InChI is InChI=1S/C18H22O2/c1-13(2)20-17-9-7-16(8-10-17)18(19)12-15-6-4-5-14(3)11-15/h4-11,13,18-19H,12H2,1-3H3. The van der Waals surface area contributed by atoms with Crippen LogP contribution in [-0.2, 0) is 6.42 Å². The normalized spacial score (nSPS) is 12.4. The summed E-state index contributed by atoms with van der Waals surface area (Å²) < 4.78 is 5.60. The van der Waals surface area contributed by atoms with Gasteiger partial charge in [0.1, 0.15) is 5.75 Å². The highest BCUT2D eigenvalue weighted by atomic mass is 16.5. The number of ether oxygens (including phenoxy) is 1. The first kappa shape index (κ1) is 14.6. The number of aryl methyl sites for hydroxylation is 1. The number of aliphatic hydroxyl groups is 1. The highest BCUT2D eigenvalue weighted by Gasteiger charge is 2.09. The summed E-state index contributed by atoms with van der Waals surface area (Å²) in [5, 5.41) is 10.3. The Hall–Kier alpha value is -1.80. The van der Waals surface area contributed by atoms with Gasteiger partial charge in [-0.2, -0.15) is 0 Å². The first-order valence-corrected chi connectivity index (χ1v) is 7.05. The third-order valence-corrected chi connectivity index (χ3v) is 3.15. The third kappa shape index (κ3) is 4.10. The molecule has 1 N–H and O–H groups in total. The first-order valence-electron chi connectivity index (χ1n) is 7.05. The Labute approximate surface area is 121 Å². The number of rotatable bonds is 5. The number of hydrogen-bond donors (Lipinski definition) is 1. The summed E-state index contributed by atoms with van der Waals surface area (Å²) in [7, 11) is 0. The zero-order chi connectivity index (χ0) is 14.5. The Morgan fingerprint density at radius 2 is 1.75 bits per heavy atom. The molecule has 2 aromatic carbocycles. The zero-order valence-corrected chi connectivity index (χ0v) is 12.3. The topological polar surface area (TPSA) is 29.5 Å². The lowest BCUT2D eigenvalue weighted by atomic mass is 10.0. The molecule has 0 aliphatic carbocycles. The van der Waals surface area contributed by atoms with Crippen molar-refractivity contribution in [1.82, 2.24) is 0 Å². The molecule has 1 atom stereocenters. The van der Waals surface area contributed by atoms with Crippen LogP contribution in [0.25, 0.3) is 0 Å². The second-order valence-electron chi connectivity index (χ2n) is 5.44. The molecule has 0 heterocycles. The van der Waals surface area contributed by atoms with Crippen LogP contribution < -0.4 is 4.74 Å². The molecule has 0 aromatic heterocycles. The Bertz CT molecular complexity index is 544. The Kier molecular flexibility index (Phi) is 4.80. The van der Waals surface area contributed by atoms with Crippen molar-refractivity contribution in [1.29, 1.82) is 0 Å². The quantitative estimate of drug-likeness (QED) is 0.888. The van der Waals surface area contributed by atoms with E-state index >= 15 is 0 Å². The van der Waals surface area contributed by atoms with Crippen molar-refractivity contribution >= 4 is 0 Å². The summed E-state index contributed by atoms with van der Waals surface area (Å²) >= 11 is 0. The fourth-order valence-corrected chi connectivity index (χ4v) is 2.22. The molecule has 2 aromatic rings. The van der Waals surface area contributed by atoms with Gasteiger partial charge in [-0.25, -0.2) is 0 Å². The van der Waals surface area contributed by atoms with Gasteiger partial charge < -0.3 is 9.84 Å². The van der Waals surface area contributed by atoms with Crippen molar-refractivity contribution in [2.75, 3.05) is 0 Å². The van der Waals surface area contributed by atoms with Crippen molar-refractivity contribution < 1.29 is 9.84 Å². The second-order valence-corrected chi connectivity index (χ2v) is 5.44. The minimum Gasteiger partial charge on any atom is -0.491 e. The summed E-state index contributed by atoms with van der Waals surface area (Å²) in [6.45, 7) is 6.06. The fourth-order valence-electron chi connectivity index (χ4n) is 2.22. The van der Waals surface area contributed by atoms with Crippen LogP contribution in [0.5, 0.6) is 5.75 Å². The summed E-state index contributed by atoms with van der Waals surface area (Å²) in [6, 6.07) is 15.9. The van der Waals surface area contributed by atoms with Crippen molar-refractivity contribution in [2.24, 2.45) is 0 Å². The molecular formula is C18H22O2. The molecule has 0 spiro atoms. The smallest absolute Gasteiger partial charge is 0.119 e. The van der Waals surface area contributed by atoms with Gasteiger partial charge in [0.05, 0.1) is 12.2 Å². The average molecular weight is 270 g/mol. The maximum Gasteiger partial charge on any atom is 0.119 e. The molecule has 20 heavy (non-hydrogen) atoms. The van der Waals surface area contributed by atoms with Crippen molar-refractivity contribution in [2.45, 2.75) is 39.4 Å². The van der Waals surface area contributed by atoms with Crippen molar-refractivity contribution in [3.8, 4) is 5.75 Å². The molecule has 2 heteroatoms. The minimum atomic E-state index is -0.482. The molecule has 2 nitrogen and oxygen atoms in total. The van der Waals surface area contributed by atoms with Gasteiger partial charge in [0, 0.05) is 6.42 Å². The summed E-state index contributed by atoms with van der Waals surface area (Å²) in [5.74, 6) is 0.839. The fraction of sp³-hybridized carbons (Fsp3) is 0.333. The Balaban J connectivity index is 2.03. The van der Waals surface area contributed by atoms with Crippen molar-refractivity contribution in [3.05, 3.63) is 65.2 Å². The second kappa shape index (κ2) is 6.58. The van der Waals surface area contributed by atoms with E-state index in [0.717, 1.165) is 16.9 Å². The van der Waals surface area contributed by atoms with E-state index < -0.39 is 6.10 Å². The maximum absolute atomic E-state index is 10.3. The lowest BCUT2D eigenvalue weighted by molar-refractivity contribution is 0.178. The molecule has 0 fully saturated rings. The molecule has 0 saturated carbocycles. The van der Waals surface area contributed by atoms with E-state index in [1.165, 1.54) is 5.56 Å². The molecule has 0 amide bonds. The van der Waals surface area contributed by atoms with Crippen LogP contribution in [0.4, 0.5) is 0 Å². The molecule has 0 saturated heterocycles. The number of hydrogen-bond acceptors (Lipinski definition) is 2. The zero-order valence-electron chi connectivity index (χ0n) is 12.3. The largest absolute Gasteiger partial charge is 0.491 e. The number of benzene rings is 2. The van der Waals surface area contributed by atoms with Gasteiger partial charge in [-0.15, -0.1) is 0 Å². The van der Waals surface area contributed by atoms with Gasteiger partial charge in [-0.1, -0.05) is 42.0 Å². The molecule has 0 radical (unpaired) electrons. The molecule has 2 rings (SSSR count). The third-order valence-electron chi connectivity index (χ3n) is 3.15. The van der Waals surface area contributed by atoms with E-state index in [1.54, 1.807) is 0 Å². The van der Waals surface area contributed by atoms with Crippen LogP contribution in [0.3, 0.4) is 0 Å². The highest BCUT2D eigenvalue weighted by Crippen LogP contribution is 2.22. The lowest BCUT2D eigenvalue weighted by Gasteiger charge is -2.14. The van der Waals surface area contributed by atoms with Gasteiger partial charge >= 0.3 is 0 Å². The molecular weight excluding hydrogens is 248 g/mol. The SMILES string of the molecule is Cc1cccc(CC(O)c2ccc(OC(C)C)cc2)c1. The van der Waals surface area contributed by atoms with Crippen molar-refractivity contribution in [3.63, 3.8) is 0 Å². The van der Waals surface area contributed by atoms with Crippen LogP contribution in [0.15, 0.2) is 48.5 Å². The summed E-state index contributed by atoms with van der Waals surface area (Å²) in [5.41, 5.74) is 3.29. The molecule has 0 bridgehead atoms. The van der Waals surface area contributed by atoms with Crippen LogP contribution >= 0.6 is 0 Å². The lowest BCUT2D eigenvalue weighted by Crippen LogP contribution is -2.06.